The van der Waals surface area contributed by atoms with Crippen LogP contribution >= 0.6 is 11.3 Å². The Morgan fingerprint density at radius 1 is 1.20 bits per heavy atom. The number of hydrogen-bond donors (Lipinski definition) is 3. The van der Waals surface area contributed by atoms with Crippen LogP contribution in [0.5, 0.6) is 0 Å². The first-order chi connectivity index (χ1) is 14.5. The number of nitrogens with zero attached hydrogens (tertiary/aromatic N) is 2. The van der Waals surface area contributed by atoms with Gasteiger partial charge in [-0.2, -0.15) is 0 Å². The summed E-state index contributed by atoms with van der Waals surface area (Å²) < 4.78 is 0. The van der Waals surface area contributed by atoms with E-state index in [-0.39, 0.29) is 11.8 Å². The van der Waals surface area contributed by atoms with Gasteiger partial charge >= 0.3 is 0 Å². The van der Waals surface area contributed by atoms with Gasteiger partial charge in [-0.05, 0) is 55.0 Å². The second kappa shape index (κ2) is 11.0. The van der Waals surface area contributed by atoms with E-state index in [0.29, 0.717) is 12.6 Å². The molecule has 3 N–H and O–H groups in total. The Morgan fingerprint density at radius 2 is 1.93 bits per heavy atom. The molecule has 3 rings (SSSR count). The Kier molecular flexibility index (Phi) is 8.13. The van der Waals surface area contributed by atoms with Crippen molar-refractivity contribution < 1.29 is 4.79 Å². The minimum absolute atomic E-state index is 0.0276. The van der Waals surface area contributed by atoms with Crippen molar-refractivity contribution in [2.24, 2.45) is 10.9 Å². The Bertz CT molecular complexity index is 809. The molecule has 2 heterocycles. The molecule has 1 saturated heterocycles. The van der Waals surface area contributed by atoms with Crippen LogP contribution in [-0.2, 0) is 11.3 Å². The van der Waals surface area contributed by atoms with Crippen LogP contribution in [0.25, 0.3) is 0 Å². The second-order valence-electron chi connectivity index (χ2n) is 7.89. The SMILES string of the molecule is CCNC(=NCc1ccc(NC(=O)C(C)C)cc1)NC1CCN(c2cccs2)CC1. The van der Waals surface area contributed by atoms with Gasteiger partial charge in [0, 0.05) is 37.3 Å². The molecule has 0 radical (unpaired) electrons. The number of carbonyl (C=O) groups is 1. The number of nitrogens with one attached hydrogen (secondary N) is 3. The van der Waals surface area contributed by atoms with Crippen molar-refractivity contribution >= 4 is 33.9 Å². The Labute approximate surface area is 183 Å². The van der Waals surface area contributed by atoms with E-state index in [4.69, 9.17) is 4.99 Å². The zero-order chi connectivity index (χ0) is 21.3. The van der Waals surface area contributed by atoms with Gasteiger partial charge < -0.3 is 20.9 Å². The van der Waals surface area contributed by atoms with Gasteiger partial charge in [-0.15, -0.1) is 11.3 Å². The summed E-state index contributed by atoms with van der Waals surface area (Å²) in [5, 5.41) is 13.4. The standard InChI is InChI=1S/C23H33N5OS/c1-4-24-23(27-20-11-13-28(14-12-20)21-6-5-15-30-21)25-16-18-7-9-19(10-8-18)26-22(29)17(2)3/h5-10,15,17,20H,4,11-14,16H2,1-3H3,(H,26,29)(H2,24,25,27). The van der Waals surface area contributed by atoms with Crippen LogP contribution in [0.3, 0.4) is 0 Å². The van der Waals surface area contributed by atoms with E-state index < -0.39 is 0 Å². The first-order valence-electron chi connectivity index (χ1n) is 10.8. The summed E-state index contributed by atoms with van der Waals surface area (Å²) in [6.45, 7) is 9.44. The minimum atomic E-state index is -0.0276. The summed E-state index contributed by atoms with van der Waals surface area (Å²) in [5.74, 6) is 0.869. The summed E-state index contributed by atoms with van der Waals surface area (Å²) in [4.78, 5) is 19.0. The molecule has 1 aromatic carbocycles. The number of anilines is 2. The second-order valence-corrected chi connectivity index (χ2v) is 8.82. The first-order valence-corrected chi connectivity index (χ1v) is 11.7. The zero-order valence-electron chi connectivity index (χ0n) is 18.1. The van der Waals surface area contributed by atoms with Crippen molar-refractivity contribution in [3.05, 3.63) is 47.3 Å². The highest BCUT2D eigenvalue weighted by molar-refractivity contribution is 7.14. The molecule has 7 heteroatoms. The molecule has 0 atom stereocenters. The maximum Gasteiger partial charge on any atom is 0.226 e. The first kappa shape index (κ1) is 22.2. The molecule has 0 aliphatic carbocycles. The van der Waals surface area contributed by atoms with Gasteiger partial charge in [0.2, 0.25) is 5.91 Å². The molecule has 0 bridgehead atoms. The summed E-state index contributed by atoms with van der Waals surface area (Å²) >= 11 is 1.81. The average Bonchev–Trinajstić information content (AvgIpc) is 3.28. The molecule has 0 spiro atoms. The maximum absolute atomic E-state index is 11.8. The number of amides is 1. The molecule has 162 valence electrons. The lowest BCUT2D eigenvalue weighted by atomic mass is 10.1. The Balaban J connectivity index is 1.51. The topological polar surface area (TPSA) is 68.8 Å². The van der Waals surface area contributed by atoms with E-state index in [9.17, 15) is 4.79 Å². The van der Waals surface area contributed by atoms with Gasteiger partial charge in [-0.3, -0.25) is 4.79 Å². The highest BCUT2D eigenvalue weighted by atomic mass is 32.1. The van der Waals surface area contributed by atoms with Gasteiger partial charge in [0.15, 0.2) is 5.96 Å². The summed E-state index contributed by atoms with van der Waals surface area (Å²) in [6.07, 6.45) is 2.21. The predicted octanol–water partition coefficient (Wildman–Crippen LogP) is 4.07. The fraction of sp³-hybridized carbons (Fsp3) is 0.478. The van der Waals surface area contributed by atoms with E-state index in [1.807, 2.05) is 49.4 Å². The molecule has 1 amide bonds. The molecule has 1 aliphatic rings. The van der Waals surface area contributed by atoms with Crippen molar-refractivity contribution in [3.8, 4) is 0 Å². The monoisotopic (exact) mass is 427 g/mol. The van der Waals surface area contributed by atoms with Crippen molar-refractivity contribution in [2.45, 2.75) is 46.2 Å². The lowest BCUT2D eigenvalue weighted by molar-refractivity contribution is -0.118. The molecule has 1 aliphatic heterocycles. The number of hydrogen-bond acceptors (Lipinski definition) is 4. The Hall–Kier alpha value is -2.54. The quantitative estimate of drug-likeness (QED) is 0.460. The fourth-order valence-electron chi connectivity index (χ4n) is 3.36. The molecule has 6 nitrogen and oxygen atoms in total. The van der Waals surface area contributed by atoms with Crippen LogP contribution in [0.2, 0.25) is 0 Å². The van der Waals surface area contributed by atoms with Crippen LogP contribution in [0.15, 0.2) is 46.8 Å². The molecular formula is C23H33N5OS. The van der Waals surface area contributed by atoms with Gasteiger partial charge in [-0.1, -0.05) is 26.0 Å². The molecule has 0 saturated carbocycles. The molecule has 1 aromatic heterocycles. The number of carbonyl (C=O) groups excluding carboxylic acids is 1. The van der Waals surface area contributed by atoms with E-state index in [1.54, 1.807) is 0 Å². The number of guanidine groups is 1. The highest BCUT2D eigenvalue weighted by Gasteiger charge is 2.20. The van der Waals surface area contributed by atoms with Crippen LogP contribution in [0, 0.1) is 5.92 Å². The lowest BCUT2D eigenvalue weighted by Gasteiger charge is -2.33. The van der Waals surface area contributed by atoms with Gasteiger partial charge in [-0.25, -0.2) is 4.99 Å². The van der Waals surface area contributed by atoms with Gasteiger partial charge in [0.25, 0.3) is 0 Å². The fourth-order valence-corrected chi connectivity index (χ4v) is 4.14. The lowest BCUT2D eigenvalue weighted by Crippen LogP contribution is -2.48. The third-order valence-electron chi connectivity index (χ3n) is 5.16. The summed E-state index contributed by atoms with van der Waals surface area (Å²) in [5.41, 5.74) is 1.94. The highest BCUT2D eigenvalue weighted by Crippen LogP contribution is 2.24. The number of rotatable bonds is 7. The van der Waals surface area contributed by atoms with Crippen molar-refractivity contribution in [1.82, 2.24) is 10.6 Å². The largest absolute Gasteiger partial charge is 0.363 e. The smallest absolute Gasteiger partial charge is 0.226 e. The van der Waals surface area contributed by atoms with Crippen molar-refractivity contribution in [1.29, 1.82) is 0 Å². The van der Waals surface area contributed by atoms with E-state index in [2.05, 4.69) is 45.3 Å². The minimum Gasteiger partial charge on any atom is -0.363 e. The molecule has 0 unspecified atom stereocenters. The van der Waals surface area contributed by atoms with Gasteiger partial charge in [0.05, 0.1) is 11.5 Å². The number of benzene rings is 1. The maximum atomic E-state index is 11.8. The van der Waals surface area contributed by atoms with Crippen LogP contribution in [-0.4, -0.2) is 37.5 Å². The third kappa shape index (κ3) is 6.49. The number of aliphatic imine (C=N–C) groups is 1. The Morgan fingerprint density at radius 3 is 2.53 bits per heavy atom. The number of thiophene rings is 1. The zero-order valence-corrected chi connectivity index (χ0v) is 19.0. The molecule has 2 aromatic rings. The summed E-state index contributed by atoms with van der Waals surface area (Å²) in [7, 11) is 0. The van der Waals surface area contributed by atoms with Crippen LogP contribution < -0.4 is 20.9 Å². The summed E-state index contributed by atoms with van der Waals surface area (Å²) in [6, 6.07) is 12.7. The van der Waals surface area contributed by atoms with Gasteiger partial charge in [0.1, 0.15) is 0 Å². The molecule has 30 heavy (non-hydrogen) atoms. The number of piperidine rings is 1. The third-order valence-corrected chi connectivity index (χ3v) is 6.09. The van der Waals surface area contributed by atoms with E-state index in [1.165, 1.54) is 5.00 Å². The van der Waals surface area contributed by atoms with Crippen molar-refractivity contribution in [3.63, 3.8) is 0 Å². The van der Waals surface area contributed by atoms with Crippen molar-refractivity contribution in [2.75, 3.05) is 29.9 Å². The predicted molar refractivity (Wildman–Crippen MR) is 127 cm³/mol. The van der Waals surface area contributed by atoms with Crippen LogP contribution in [0.4, 0.5) is 10.7 Å². The normalized spacial score (nSPS) is 15.3. The van der Waals surface area contributed by atoms with Crippen LogP contribution in [0.1, 0.15) is 39.2 Å². The molecular weight excluding hydrogens is 394 g/mol. The molecule has 1 fully saturated rings. The van der Waals surface area contributed by atoms with E-state index in [0.717, 1.165) is 49.7 Å². The average molecular weight is 428 g/mol. The van der Waals surface area contributed by atoms with E-state index >= 15 is 0 Å².